The molecular weight excluding hydrogens is 200 g/mol. The fourth-order valence-corrected chi connectivity index (χ4v) is 5.69. The summed E-state index contributed by atoms with van der Waals surface area (Å²) in [7, 11) is -3.82. The molecule has 0 aromatic heterocycles. The molecule has 4 aliphatic rings. The lowest BCUT2D eigenvalue weighted by Gasteiger charge is -2.54. The molecule has 4 rings (SSSR count). The number of hydrogen-bond acceptors (Lipinski definition) is 2. The predicted molar refractivity (Wildman–Crippen MR) is 52.5 cm³/mol. The average molecular weight is 216 g/mol. The van der Waals surface area contributed by atoms with E-state index in [2.05, 4.69) is 0 Å². The van der Waals surface area contributed by atoms with Gasteiger partial charge < -0.3 is 0 Å². The van der Waals surface area contributed by atoms with Crippen LogP contribution in [0.15, 0.2) is 0 Å². The normalized spacial score (nSPS) is 51.1. The maximum Gasteiger partial charge on any atom is 0.270 e. The maximum absolute atomic E-state index is 11.4. The molecule has 0 unspecified atom stereocenters. The second kappa shape index (κ2) is 2.53. The van der Waals surface area contributed by atoms with Crippen LogP contribution < -0.4 is 0 Å². The summed E-state index contributed by atoms with van der Waals surface area (Å²) in [5, 5.41) is 0. The summed E-state index contributed by atoms with van der Waals surface area (Å²) in [5.41, 5.74) is 0. The molecule has 4 aliphatic carbocycles. The minimum Gasteiger partial charge on any atom is -0.285 e. The number of hydrogen-bond donors (Lipinski definition) is 1. The third-order valence-electron chi connectivity index (χ3n) is 4.53. The lowest BCUT2D eigenvalue weighted by Crippen LogP contribution is -2.54. The molecule has 1 N–H and O–H groups in total. The molecule has 0 aromatic carbocycles. The molecule has 0 heterocycles. The van der Waals surface area contributed by atoms with Gasteiger partial charge in [0.1, 0.15) is 0 Å². The van der Waals surface area contributed by atoms with E-state index in [4.69, 9.17) is 0 Å². The van der Waals surface area contributed by atoms with Gasteiger partial charge in [-0.2, -0.15) is 8.42 Å². The van der Waals surface area contributed by atoms with Crippen molar-refractivity contribution in [2.45, 2.75) is 43.3 Å². The second-order valence-corrected chi connectivity index (χ2v) is 7.39. The van der Waals surface area contributed by atoms with Crippen LogP contribution in [0.5, 0.6) is 0 Å². The van der Waals surface area contributed by atoms with Crippen LogP contribution in [0.4, 0.5) is 0 Å². The van der Waals surface area contributed by atoms with Crippen molar-refractivity contribution in [3.8, 4) is 0 Å². The predicted octanol–water partition coefficient (Wildman–Crippen LogP) is 1.84. The van der Waals surface area contributed by atoms with E-state index in [-0.39, 0.29) is 0 Å². The molecule has 0 radical (unpaired) electrons. The summed E-state index contributed by atoms with van der Waals surface area (Å²) in [6, 6.07) is 0. The Morgan fingerprint density at radius 1 is 0.929 bits per heavy atom. The lowest BCUT2D eigenvalue weighted by molar-refractivity contribution is 0.0303. The SMILES string of the molecule is O=S(=O)(O)C12CC3CC(CC(C3)C1)C2. The highest BCUT2D eigenvalue weighted by atomic mass is 32.2. The van der Waals surface area contributed by atoms with E-state index in [0.717, 1.165) is 19.3 Å². The van der Waals surface area contributed by atoms with Gasteiger partial charge in [-0.15, -0.1) is 0 Å². The molecule has 80 valence electrons. The smallest absolute Gasteiger partial charge is 0.270 e. The maximum atomic E-state index is 11.4. The van der Waals surface area contributed by atoms with Gasteiger partial charge in [0.25, 0.3) is 10.1 Å². The third kappa shape index (κ3) is 1.10. The fourth-order valence-electron chi connectivity index (χ4n) is 4.35. The summed E-state index contributed by atoms with van der Waals surface area (Å²) < 4.78 is 31.5. The zero-order valence-corrected chi connectivity index (χ0v) is 8.96. The Morgan fingerprint density at radius 3 is 1.57 bits per heavy atom. The van der Waals surface area contributed by atoms with Crippen LogP contribution in [0.2, 0.25) is 0 Å². The summed E-state index contributed by atoms with van der Waals surface area (Å²) in [6.07, 6.45) is 5.77. The monoisotopic (exact) mass is 216 g/mol. The van der Waals surface area contributed by atoms with Crippen molar-refractivity contribution < 1.29 is 13.0 Å². The molecule has 0 atom stereocenters. The van der Waals surface area contributed by atoms with Gasteiger partial charge >= 0.3 is 0 Å². The van der Waals surface area contributed by atoms with Crippen molar-refractivity contribution in [1.29, 1.82) is 0 Å². The van der Waals surface area contributed by atoms with E-state index in [9.17, 15) is 13.0 Å². The van der Waals surface area contributed by atoms with Crippen molar-refractivity contribution in [2.24, 2.45) is 17.8 Å². The second-order valence-electron chi connectivity index (χ2n) is 5.58. The van der Waals surface area contributed by atoms with Gasteiger partial charge in [-0.25, -0.2) is 0 Å². The molecule has 4 saturated carbocycles. The van der Waals surface area contributed by atoms with E-state index in [0.29, 0.717) is 17.8 Å². The summed E-state index contributed by atoms with van der Waals surface area (Å²) >= 11 is 0. The molecule has 4 fully saturated rings. The van der Waals surface area contributed by atoms with E-state index in [1.54, 1.807) is 0 Å². The molecule has 4 heteroatoms. The Morgan fingerprint density at radius 2 is 1.29 bits per heavy atom. The molecule has 0 amide bonds. The molecule has 4 bridgehead atoms. The largest absolute Gasteiger partial charge is 0.285 e. The third-order valence-corrected chi connectivity index (χ3v) is 6.12. The van der Waals surface area contributed by atoms with E-state index >= 15 is 0 Å². The Balaban J connectivity index is 2.03. The van der Waals surface area contributed by atoms with Crippen molar-refractivity contribution in [3.05, 3.63) is 0 Å². The minimum absolute atomic E-state index is 0.572. The molecule has 14 heavy (non-hydrogen) atoms. The molecular formula is C10H16O3S. The molecule has 3 nitrogen and oxygen atoms in total. The Labute approximate surface area is 84.6 Å². The van der Waals surface area contributed by atoms with Crippen molar-refractivity contribution in [2.75, 3.05) is 0 Å². The van der Waals surface area contributed by atoms with Gasteiger partial charge in [0.2, 0.25) is 0 Å². The number of rotatable bonds is 1. The first-order valence-electron chi connectivity index (χ1n) is 5.45. The van der Waals surface area contributed by atoms with Crippen molar-refractivity contribution in [1.82, 2.24) is 0 Å². The molecule has 0 aromatic rings. The first-order valence-corrected chi connectivity index (χ1v) is 6.89. The van der Waals surface area contributed by atoms with Crippen molar-refractivity contribution in [3.63, 3.8) is 0 Å². The molecule has 0 spiro atoms. The quantitative estimate of drug-likeness (QED) is 0.680. The van der Waals surface area contributed by atoms with Crippen LogP contribution in [0.25, 0.3) is 0 Å². The van der Waals surface area contributed by atoms with E-state index < -0.39 is 14.9 Å². The standard InChI is InChI=1S/C10H16O3S/c11-14(12,13)10-4-7-1-8(5-10)3-9(2-7)6-10/h7-9H,1-6H2,(H,11,12,13). The zero-order valence-electron chi connectivity index (χ0n) is 8.15. The first kappa shape index (κ1) is 9.16. The zero-order chi connectivity index (χ0) is 9.97. The summed E-state index contributed by atoms with van der Waals surface area (Å²) in [5.74, 6) is 1.72. The van der Waals surface area contributed by atoms with Crippen LogP contribution in [-0.4, -0.2) is 17.7 Å². The van der Waals surface area contributed by atoms with Gasteiger partial charge in [0.15, 0.2) is 0 Å². The molecule has 0 saturated heterocycles. The van der Waals surface area contributed by atoms with E-state index in [1.165, 1.54) is 19.3 Å². The highest BCUT2D eigenvalue weighted by molar-refractivity contribution is 7.87. The Bertz CT molecular complexity index is 322. The van der Waals surface area contributed by atoms with Gasteiger partial charge in [0.05, 0.1) is 4.75 Å². The highest BCUT2D eigenvalue weighted by Gasteiger charge is 2.57. The summed E-state index contributed by atoms with van der Waals surface area (Å²) in [4.78, 5) is 0. The van der Waals surface area contributed by atoms with Crippen LogP contribution in [0, 0.1) is 17.8 Å². The van der Waals surface area contributed by atoms with Gasteiger partial charge in [-0.05, 0) is 56.3 Å². The summed E-state index contributed by atoms with van der Waals surface area (Å²) in [6.45, 7) is 0. The average Bonchev–Trinajstić information content (AvgIpc) is 1.98. The van der Waals surface area contributed by atoms with Crippen molar-refractivity contribution >= 4 is 10.1 Å². The topological polar surface area (TPSA) is 54.4 Å². The van der Waals surface area contributed by atoms with Gasteiger partial charge in [-0.1, -0.05) is 0 Å². The van der Waals surface area contributed by atoms with Gasteiger partial charge in [0, 0.05) is 0 Å². The van der Waals surface area contributed by atoms with Gasteiger partial charge in [-0.3, -0.25) is 4.55 Å². The first-order chi connectivity index (χ1) is 6.48. The van der Waals surface area contributed by atoms with Crippen LogP contribution in [0.3, 0.4) is 0 Å². The Hall–Kier alpha value is -0.0900. The Kier molecular flexibility index (Phi) is 1.65. The molecule has 0 aliphatic heterocycles. The fraction of sp³-hybridized carbons (Fsp3) is 1.00. The van der Waals surface area contributed by atoms with E-state index in [1.807, 2.05) is 0 Å². The minimum atomic E-state index is -3.82. The van der Waals surface area contributed by atoms with Crippen LogP contribution in [-0.2, 0) is 10.1 Å². The highest BCUT2D eigenvalue weighted by Crippen LogP contribution is 2.58. The van der Waals surface area contributed by atoms with Crippen LogP contribution >= 0.6 is 0 Å². The lowest BCUT2D eigenvalue weighted by atomic mass is 9.56. The van der Waals surface area contributed by atoms with Crippen LogP contribution in [0.1, 0.15) is 38.5 Å².